The first-order valence-corrected chi connectivity index (χ1v) is 12.5. The third-order valence-corrected chi connectivity index (χ3v) is 6.66. The Labute approximate surface area is 227 Å². The fourth-order valence-corrected chi connectivity index (χ4v) is 4.83. The fourth-order valence-electron chi connectivity index (χ4n) is 3.58. The number of halogens is 3. The molecule has 0 saturated heterocycles. The third kappa shape index (κ3) is 6.45. The number of benzene rings is 4. The molecule has 0 aliphatic rings. The molecule has 1 N–H and O–H groups in total. The van der Waals surface area contributed by atoms with Gasteiger partial charge in [-0.3, -0.25) is 4.79 Å². The monoisotopic (exact) mass is 618 g/mol. The van der Waals surface area contributed by atoms with Crippen LogP contribution in [0.5, 0.6) is 11.5 Å². The van der Waals surface area contributed by atoms with Crippen LogP contribution in [0.2, 0.25) is 10.0 Å². The van der Waals surface area contributed by atoms with Gasteiger partial charge in [0, 0.05) is 15.6 Å². The number of carbonyl (C=O) groups excluding carboxylic acids is 1. The Bertz CT molecular complexity index is 1400. The molecule has 0 aliphatic carbocycles. The molecule has 0 unspecified atom stereocenters. The Balaban J connectivity index is 1.42. The van der Waals surface area contributed by atoms with Crippen LogP contribution in [0.15, 0.2) is 77.9 Å². The number of nitrogens with zero attached hydrogens (tertiary/aromatic N) is 1. The lowest BCUT2D eigenvalue weighted by atomic mass is 10.0. The number of fused-ring (bicyclic) bond motifs is 1. The van der Waals surface area contributed by atoms with E-state index in [1.165, 1.54) is 0 Å². The average molecular weight is 619 g/mol. The van der Waals surface area contributed by atoms with Gasteiger partial charge in [0.15, 0.2) is 11.5 Å². The summed E-state index contributed by atoms with van der Waals surface area (Å²) in [6.45, 7) is 0.264. The summed E-state index contributed by atoms with van der Waals surface area (Å²) in [6, 6.07) is 22.9. The fraction of sp³-hybridized carbons (Fsp3) is 0.111. The van der Waals surface area contributed by atoms with Crippen LogP contribution in [0.4, 0.5) is 0 Å². The summed E-state index contributed by atoms with van der Waals surface area (Å²) in [4.78, 5) is 12.5. The highest BCUT2D eigenvalue weighted by molar-refractivity contribution is 14.1. The molecule has 8 heteroatoms. The van der Waals surface area contributed by atoms with Crippen LogP contribution in [0, 0.1) is 3.57 Å². The highest BCUT2D eigenvalue weighted by atomic mass is 127. The highest BCUT2D eigenvalue weighted by Crippen LogP contribution is 2.35. The van der Waals surface area contributed by atoms with E-state index in [4.69, 9.17) is 32.7 Å². The quantitative estimate of drug-likeness (QED) is 0.131. The minimum absolute atomic E-state index is 0.195. The number of methoxy groups -OCH3 is 1. The summed E-state index contributed by atoms with van der Waals surface area (Å²) in [5, 5.41) is 7.39. The second-order valence-corrected chi connectivity index (χ2v) is 9.67. The van der Waals surface area contributed by atoms with Gasteiger partial charge >= 0.3 is 0 Å². The zero-order valence-electron chi connectivity index (χ0n) is 18.7. The van der Waals surface area contributed by atoms with Crippen molar-refractivity contribution in [2.75, 3.05) is 7.11 Å². The summed E-state index contributed by atoms with van der Waals surface area (Å²) >= 11 is 14.4. The number of hydrogen-bond acceptors (Lipinski definition) is 4. The molecule has 0 spiro atoms. The molecule has 178 valence electrons. The van der Waals surface area contributed by atoms with E-state index in [0.29, 0.717) is 21.5 Å². The lowest BCUT2D eigenvalue weighted by Gasteiger charge is -2.14. The molecular weight excluding hydrogens is 598 g/mol. The predicted octanol–water partition coefficient (Wildman–Crippen LogP) is 7.03. The van der Waals surface area contributed by atoms with Crippen molar-refractivity contribution in [2.45, 2.75) is 13.0 Å². The molecule has 0 aliphatic heterocycles. The van der Waals surface area contributed by atoms with Gasteiger partial charge in [0.25, 0.3) is 0 Å². The van der Waals surface area contributed by atoms with Gasteiger partial charge in [-0.15, -0.1) is 0 Å². The zero-order chi connectivity index (χ0) is 24.8. The van der Waals surface area contributed by atoms with E-state index in [-0.39, 0.29) is 18.9 Å². The summed E-state index contributed by atoms with van der Waals surface area (Å²) < 4.78 is 12.3. The van der Waals surface area contributed by atoms with Crippen LogP contribution in [0.3, 0.4) is 0 Å². The standard InChI is InChI=1S/C27H21Cl2IN2O3/c1-34-25-12-17(11-24(30)27(25)35-16-20-9-10-21(28)14-23(20)29)15-31-32-26(33)13-19-7-4-6-18-5-2-3-8-22(18)19/h2-12,14-15H,13,16H2,1H3,(H,32,33). The van der Waals surface area contributed by atoms with Gasteiger partial charge in [-0.2, -0.15) is 5.10 Å². The van der Waals surface area contributed by atoms with Crippen molar-refractivity contribution in [3.8, 4) is 11.5 Å². The Morgan fingerprint density at radius 2 is 1.83 bits per heavy atom. The Morgan fingerprint density at radius 1 is 1.03 bits per heavy atom. The molecule has 0 saturated carbocycles. The average Bonchev–Trinajstić information content (AvgIpc) is 2.84. The van der Waals surface area contributed by atoms with E-state index in [9.17, 15) is 4.79 Å². The van der Waals surface area contributed by atoms with E-state index in [0.717, 1.165) is 31.0 Å². The molecule has 5 nitrogen and oxygen atoms in total. The maximum Gasteiger partial charge on any atom is 0.244 e. The first-order chi connectivity index (χ1) is 16.9. The number of ether oxygens (including phenoxy) is 2. The Hall–Kier alpha value is -2.81. The maximum absolute atomic E-state index is 12.5. The molecule has 1 amide bonds. The molecule has 0 heterocycles. The van der Waals surface area contributed by atoms with Crippen molar-refractivity contribution < 1.29 is 14.3 Å². The van der Waals surface area contributed by atoms with Gasteiger partial charge in [0.05, 0.1) is 23.3 Å². The van der Waals surface area contributed by atoms with E-state index in [2.05, 4.69) is 33.1 Å². The van der Waals surface area contributed by atoms with Crippen LogP contribution in [-0.2, 0) is 17.8 Å². The van der Waals surface area contributed by atoms with Crippen molar-refractivity contribution in [3.63, 3.8) is 0 Å². The number of amides is 1. The molecule has 35 heavy (non-hydrogen) atoms. The van der Waals surface area contributed by atoms with Crippen molar-refractivity contribution >= 4 is 68.7 Å². The van der Waals surface area contributed by atoms with Crippen molar-refractivity contribution in [2.24, 2.45) is 5.10 Å². The van der Waals surface area contributed by atoms with Crippen LogP contribution in [-0.4, -0.2) is 19.2 Å². The molecule has 4 rings (SSSR count). The normalized spacial score (nSPS) is 11.1. The molecule has 0 bridgehead atoms. The van der Waals surface area contributed by atoms with Gasteiger partial charge in [-0.05, 0) is 68.8 Å². The summed E-state index contributed by atoms with van der Waals surface area (Å²) in [5.41, 5.74) is 5.13. The molecular formula is C27H21Cl2IN2O3. The van der Waals surface area contributed by atoms with E-state index in [1.807, 2.05) is 54.6 Å². The number of hydrazone groups is 1. The second-order valence-electron chi connectivity index (χ2n) is 7.67. The Morgan fingerprint density at radius 3 is 2.63 bits per heavy atom. The van der Waals surface area contributed by atoms with Gasteiger partial charge in [0.1, 0.15) is 6.61 Å². The predicted molar refractivity (Wildman–Crippen MR) is 150 cm³/mol. The second kappa shape index (κ2) is 11.7. The van der Waals surface area contributed by atoms with Crippen LogP contribution >= 0.6 is 45.8 Å². The Kier molecular flexibility index (Phi) is 8.49. The van der Waals surface area contributed by atoms with Gasteiger partial charge in [-0.1, -0.05) is 71.7 Å². The lowest BCUT2D eigenvalue weighted by molar-refractivity contribution is -0.120. The van der Waals surface area contributed by atoms with Gasteiger partial charge < -0.3 is 9.47 Å². The molecule has 0 atom stereocenters. The maximum atomic E-state index is 12.5. The highest BCUT2D eigenvalue weighted by Gasteiger charge is 2.13. The van der Waals surface area contributed by atoms with Crippen LogP contribution in [0.25, 0.3) is 10.8 Å². The topological polar surface area (TPSA) is 59.9 Å². The number of hydrogen-bond donors (Lipinski definition) is 1. The minimum Gasteiger partial charge on any atom is -0.493 e. The van der Waals surface area contributed by atoms with Crippen molar-refractivity contribution in [3.05, 3.63) is 103 Å². The smallest absolute Gasteiger partial charge is 0.244 e. The van der Waals surface area contributed by atoms with Crippen molar-refractivity contribution in [1.29, 1.82) is 0 Å². The molecule has 0 fully saturated rings. The first kappa shape index (κ1) is 25.3. The zero-order valence-corrected chi connectivity index (χ0v) is 22.4. The molecule has 0 aromatic heterocycles. The van der Waals surface area contributed by atoms with Crippen LogP contribution in [0.1, 0.15) is 16.7 Å². The van der Waals surface area contributed by atoms with Gasteiger partial charge in [-0.25, -0.2) is 5.43 Å². The lowest BCUT2D eigenvalue weighted by Crippen LogP contribution is -2.19. The molecule has 4 aromatic rings. The largest absolute Gasteiger partial charge is 0.493 e. The molecule has 0 radical (unpaired) electrons. The summed E-state index contributed by atoms with van der Waals surface area (Å²) in [5.74, 6) is 0.945. The first-order valence-electron chi connectivity index (χ1n) is 10.7. The van der Waals surface area contributed by atoms with Gasteiger partial charge in [0.2, 0.25) is 5.91 Å². The van der Waals surface area contributed by atoms with Crippen molar-refractivity contribution in [1.82, 2.24) is 5.43 Å². The van der Waals surface area contributed by atoms with E-state index < -0.39 is 0 Å². The number of carbonyl (C=O) groups is 1. The van der Waals surface area contributed by atoms with E-state index >= 15 is 0 Å². The molecule has 4 aromatic carbocycles. The summed E-state index contributed by atoms with van der Waals surface area (Å²) in [6.07, 6.45) is 1.81. The minimum atomic E-state index is -0.195. The van der Waals surface area contributed by atoms with E-state index in [1.54, 1.807) is 31.5 Å². The summed E-state index contributed by atoms with van der Waals surface area (Å²) in [7, 11) is 1.57. The van der Waals surface area contributed by atoms with Crippen LogP contribution < -0.4 is 14.9 Å². The third-order valence-electron chi connectivity index (χ3n) is 5.27. The number of rotatable bonds is 8. The number of nitrogens with one attached hydrogen (secondary N) is 1. The SMILES string of the molecule is COc1cc(C=NNC(=O)Cc2cccc3ccccc23)cc(I)c1OCc1ccc(Cl)cc1Cl.